The molecule has 0 bridgehead atoms. The second-order valence-corrected chi connectivity index (χ2v) is 12.0. The molecule has 2 unspecified atom stereocenters. The van der Waals surface area contributed by atoms with E-state index in [1.807, 2.05) is 12.1 Å². The number of halogens is 3. The Morgan fingerprint density at radius 1 is 1.05 bits per heavy atom. The summed E-state index contributed by atoms with van der Waals surface area (Å²) in [5, 5.41) is 12.1. The van der Waals surface area contributed by atoms with Crippen LogP contribution in [0.25, 0.3) is 6.08 Å². The molecule has 0 spiro atoms. The summed E-state index contributed by atoms with van der Waals surface area (Å²) >= 11 is 0. The van der Waals surface area contributed by atoms with E-state index in [1.165, 1.54) is 33.8 Å². The van der Waals surface area contributed by atoms with Gasteiger partial charge in [0, 0.05) is 23.9 Å². The number of allylic oxidation sites excluding steroid dienone is 6. The molecule has 2 fully saturated rings. The monoisotopic (exact) mass is 545 g/mol. The molecule has 2 aromatic rings. The SMILES string of the molecule is CC12CC3=C(C=C1CCC2(O)CCc1ccccc1C(=O)N1CCC(F)(F)C1)C/C(=C/c1ccc(F)cc1)C=C3. The Bertz CT molecular complexity index is 1470. The molecular formula is C34H34F3NO2. The molecule has 1 heterocycles. The van der Waals surface area contributed by atoms with Gasteiger partial charge >= 0.3 is 0 Å². The van der Waals surface area contributed by atoms with Gasteiger partial charge in [-0.1, -0.05) is 67.1 Å². The van der Waals surface area contributed by atoms with Crippen LogP contribution in [-0.4, -0.2) is 40.5 Å². The summed E-state index contributed by atoms with van der Waals surface area (Å²) in [6.07, 6.45) is 12.3. The van der Waals surface area contributed by atoms with Crippen molar-refractivity contribution >= 4 is 12.0 Å². The van der Waals surface area contributed by atoms with Gasteiger partial charge in [-0.25, -0.2) is 13.2 Å². The largest absolute Gasteiger partial charge is 0.389 e. The number of hydrogen-bond donors (Lipinski definition) is 1. The zero-order valence-electron chi connectivity index (χ0n) is 22.7. The molecule has 1 saturated heterocycles. The van der Waals surface area contributed by atoms with Crippen molar-refractivity contribution in [2.75, 3.05) is 13.1 Å². The molecule has 1 N–H and O–H groups in total. The Morgan fingerprint density at radius 3 is 2.58 bits per heavy atom. The zero-order valence-corrected chi connectivity index (χ0v) is 22.7. The first-order valence-electron chi connectivity index (χ1n) is 14.1. The number of aliphatic hydroxyl groups is 1. The van der Waals surface area contributed by atoms with Crippen LogP contribution in [0.3, 0.4) is 0 Å². The van der Waals surface area contributed by atoms with Gasteiger partial charge in [0.1, 0.15) is 5.82 Å². The highest BCUT2D eigenvalue weighted by atomic mass is 19.3. The summed E-state index contributed by atoms with van der Waals surface area (Å²) in [5.74, 6) is -3.44. The van der Waals surface area contributed by atoms with E-state index in [-0.39, 0.29) is 24.7 Å². The van der Waals surface area contributed by atoms with Crippen molar-refractivity contribution in [3.05, 3.63) is 112 Å². The van der Waals surface area contributed by atoms with Crippen LogP contribution >= 0.6 is 0 Å². The number of benzene rings is 2. The lowest BCUT2D eigenvalue weighted by atomic mass is 9.64. The lowest BCUT2D eigenvalue weighted by molar-refractivity contribution is -0.0462. The van der Waals surface area contributed by atoms with E-state index < -0.39 is 23.5 Å². The van der Waals surface area contributed by atoms with Gasteiger partial charge in [0.25, 0.3) is 11.8 Å². The highest BCUT2D eigenvalue weighted by Gasteiger charge is 2.54. The molecular weight excluding hydrogens is 511 g/mol. The van der Waals surface area contributed by atoms with Crippen molar-refractivity contribution in [3.8, 4) is 0 Å². The van der Waals surface area contributed by atoms with Gasteiger partial charge in [0.2, 0.25) is 0 Å². The first kappa shape index (κ1) is 26.8. The van der Waals surface area contributed by atoms with Gasteiger partial charge in [0.15, 0.2) is 0 Å². The normalized spacial score (nSPS) is 28.1. The fourth-order valence-electron chi connectivity index (χ4n) is 6.96. The summed E-state index contributed by atoms with van der Waals surface area (Å²) < 4.78 is 40.8. The minimum atomic E-state index is -2.83. The van der Waals surface area contributed by atoms with Crippen LogP contribution in [0, 0.1) is 11.2 Å². The number of hydrogen-bond acceptors (Lipinski definition) is 2. The number of rotatable bonds is 5. The number of amides is 1. The summed E-state index contributed by atoms with van der Waals surface area (Å²) in [5.41, 5.74) is 5.78. The van der Waals surface area contributed by atoms with Crippen LogP contribution in [0.5, 0.6) is 0 Å². The minimum Gasteiger partial charge on any atom is -0.389 e. The predicted octanol–water partition coefficient (Wildman–Crippen LogP) is 7.44. The summed E-state index contributed by atoms with van der Waals surface area (Å²) in [7, 11) is 0. The molecule has 0 aromatic heterocycles. The Hall–Kier alpha value is -3.38. The number of nitrogens with zero attached hydrogens (tertiary/aromatic N) is 1. The number of fused-ring (bicyclic) bond motifs is 1. The quantitative estimate of drug-likeness (QED) is 0.424. The van der Waals surface area contributed by atoms with Crippen molar-refractivity contribution < 1.29 is 23.1 Å². The average Bonchev–Trinajstić information content (AvgIpc) is 3.43. The lowest BCUT2D eigenvalue weighted by Crippen LogP contribution is -2.44. The second-order valence-electron chi connectivity index (χ2n) is 12.0. The van der Waals surface area contributed by atoms with Crippen LogP contribution in [0.2, 0.25) is 0 Å². The third kappa shape index (κ3) is 4.87. The van der Waals surface area contributed by atoms with Crippen molar-refractivity contribution in [3.63, 3.8) is 0 Å². The summed E-state index contributed by atoms with van der Waals surface area (Å²) in [6, 6.07) is 13.7. The van der Waals surface area contributed by atoms with E-state index in [9.17, 15) is 23.1 Å². The van der Waals surface area contributed by atoms with Gasteiger partial charge < -0.3 is 10.0 Å². The number of aryl methyl sites for hydroxylation is 1. The molecule has 1 saturated carbocycles. The maximum atomic E-state index is 13.8. The molecule has 1 aliphatic heterocycles. The highest BCUT2D eigenvalue weighted by Crippen LogP contribution is 2.58. The van der Waals surface area contributed by atoms with Crippen LogP contribution in [0.4, 0.5) is 13.2 Å². The number of alkyl halides is 2. The minimum absolute atomic E-state index is 0.0576. The Labute approximate surface area is 233 Å². The molecule has 3 nitrogen and oxygen atoms in total. The predicted molar refractivity (Wildman–Crippen MR) is 150 cm³/mol. The Morgan fingerprint density at radius 2 is 1.82 bits per heavy atom. The van der Waals surface area contributed by atoms with Gasteiger partial charge in [0.05, 0.1) is 12.1 Å². The smallest absolute Gasteiger partial charge is 0.267 e. The fourth-order valence-corrected chi connectivity index (χ4v) is 6.96. The van der Waals surface area contributed by atoms with E-state index >= 15 is 0 Å². The van der Waals surface area contributed by atoms with Gasteiger partial charge in [-0.15, -0.1) is 0 Å². The lowest BCUT2D eigenvalue weighted by Gasteiger charge is -2.44. The number of likely N-dealkylation sites (tertiary alicyclic amines) is 1. The average molecular weight is 546 g/mol. The molecule has 6 heteroatoms. The molecule has 6 rings (SSSR count). The fraction of sp³-hybridized carbons (Fsp3) is 0.382. The molecule has 40 heavy (non-hydrogen) atoms. The van der Waals surface area contributed by atoms with Gasteiger partial charge in [-0.05, 0) is 84.6 Å². The maximum absolute atomic E-state index is 13.8. The molecule has 3 aliphatic carbocycles. The molecule has 0 radical (unpaired) electrons. The number of carbonyl (C=O) groups is 1. The second kappa shape index (κ2) is 9.91. The summed E-state index contributed by atoms with van der Waals surface area (Å²) in [4.78, 5) is 14.4. The molecule has 2 aromatic carbocycles. The van der Waals surface area contributed by atoms with Gasteiger partial charge in [-0.2, -0.15) is 0 Å². The van der Waals surface area contributed by atoms with E-state index in [0.717, 1.165) is 36.0 Å². The van der Waals surface area contributed by atoms with E-state index in [1.54, 1.807) is 24.3 Å². The first-order valence-corrected chi connectivity index (χ1v) is 14.1. The van der Waals surface area contributed by atoms with Crippen molar-refractivity contribution in [1.29, 1.82) is 0 Å². The highest BCUT2D eigenvalue weighted by molar-refractivity contribution is 5.96. The Balaban J connectivity index is 1.17. The van der Waals surface area contributed by atoms with Crippen LogP contribution in [0.1, 0.15) is 66.9 Å². The van der Waals surface area contributed by atoms with E-state index in [2.05, 4.69) is 31.2 Å². The van der Waals surface area contributed by atoms with E-state index in [0.29, 0.717) is 24.8 Å². The van der Waals surface area contributed by atoms with E-state index in [4.69, 9.17) is 0 Å². The third-order valence-electron chi connectivity index (χ3n) is 9.48. The molecule has 2 atom stereocenters. The van der Waals surface area contributed by atoms with Crippen molar-refractivity contribution in [1.82, 2.24) is 4.90 Å². The van der Waals surface area contributed by atoms with Crippen molar-refractivity contribution in [2.24, 2.45) is 5.41 Å². The Kier molecular flexibility index (Phi) is 6.65. The third-order valence-corrected chi connectivity index (χ3v) is 9.48. The summed E-state index contributed by atoms with van der Waals surface area (Å²) in [6.45, 7) is 1.67. The molecule has 208 valence electrons. The zero-order chi connectivity index (χ0) is 28.1. The van der Waals surface area contributed by atoms with Crippen LogP contribution in [0.15, 0.2) is 89.1 Å². The van der Waals surface area contributed by atoms with Crippen LogP contribution < -0.4 is 0 Å². The standard InChI is InChI=1S/C34H34F3NO2/c1-32-21-26-9-6-24(18-23-7-10-29(35)11-8-23)19-27(26)20-28(32)13-15-33(32,40)14-12-25-4-2-3-5-30(25)31(39)38-17-16-34(36,37)22-38/h2-11,18,20,40H,12-17,19,21-22H2,1H3/b24-18+. The van der Waals surface area contributed by atoms with Crippen molar-refractivity contribution in [2.45, 2.75) is 63.4 Å². The van der Waals surface area contributed by atoms with Gasteiger partial charge in [-0.3, -0.25) is 4.79 Å². The maximum Gasteiger partial charge on any atom is 0.267 e. The molecule has 4 aliphatic rings. The van der Waals surface area contributed by atoms with Crippen LogP contribution in [-0.2, 0) is 6.42 Å². The molecule has 1 amide bonds. The first-order chi connectivity index (χ1) is 19.1. The number of carbonyl (C=O) groups excluding carboxylic acids is 1. The topological polar surface area (TPSA) is 40.5 Å².